The normalized spacial score (nSPS) is 10.2. The van der Waals surface area contributed by atoms with E-state index in [-0.39, 0.29) is 5.56 Å². The van der Waals surface area contributed by atoms with Crippen LogP contribution in [0.2, 0.25) is 0 Å². The fourth-order valence-electron chi connectivity index (χ4n) is 1.51. The summed E-state index contributed by atoms with van der Waals surface area (Å²) in [6, 6.07) is 7.51. The van der Waals surface area contributed by atoms with E-state index < -0.39 is 5.97 Å². The van der Waals surface area contributed by atoms with Gasteiger partial charge in [-0.2, -0.15) is 0 Å². The molecule has 0 bridgehead atoms. The molecule has 0 aliphatic heterocycles. The highest BCUT2D eigenvalue weighted by molar-refractivity contribution is 7.99. The quantitative estimate of drug-likeness (QED) is 0.865. The Morgan fingerprint density at radius 3 is 2.74 bits per heavy atom. The van der Waals surface area contributed by atoms with Gasteiger partial charge in [0.05, 0.1) is 23.3 Å². The number of aromatic nitrogens is 2. The van der Waals surface area contributed by atoms with Crippen LogP contribution in [0.1, 0.15) is 16.1 Å². The van der Waals surface area contributed by atoms with Crippen molar-refractivity contribution in [2.45, 2.75) is 17.0 Å². The smallest absolute Gasteiger partial charge is 0.339 e. The van der Waals surface area contributed by atoms with E-state index in [1.54, 1.807) is 14.0 Å². The lowest BCUT2D eigenvalue weighted by Crippen LogP contribution is -2.03. The molecule has 5 nitrogen and oxygen atoms in total. The van der Waals surface area contributed by atoms with Crippen LogP contribution in [0.15, 0.2) is 40.5 Å². The van der Waals surface area contributed by atoms with E-state index in [9.17, 15) is 4.79 Å². The van der Waals surface area contributed by atoms with Crippen molar-refractivity contribution >= 4 is 17.7 Å². The van der Waals surface area contributed by atoms with Crippen molar-refractivity contribution in [1.29, 1.82) is 0 Å². The number of carboxylic acid groups (broad SMARTS) is 1. The molecule has 0 amide bonds. The maximum absolute atomic E-state index is 10.9. The van der Waals surface area contributed by atoms with Gasteiger partial charge in [0.25, 0.3) is 0 Å². The molecule has 19 heavy (non-hydrogen) atoms. The molecule has 2 rings (SSSR count). The summed E-state index contributed by atoms with van der Waals surface area (Å²) in [7, 11) is 1.60. The minimum absolute atomic E-state index is 0.115. The lowest BCUT2D eigenvalue weighted by atomic mass is 10.2. The van der Waals surface area contributed by atoms with Crippen LogP contribution in [0, 0.1) is 6.92 Å². The molecular formula is C13H12N2O3S. The number of benzene rings is 1. The second-order valence-electron chi connectivity index (χ2n) is 3.71. The monoisotopic (exact) mass is 276 g/mol. The molecule has 0 fully saturated rings. The zero-order chi connectivity index (χ0) is 13.8. The zero-order valence-electron chi connectivity index (χ0n) is 10.5. The van der Waals surface area contributed by atoms with Gasteiger partial charge in [-0.25, -0.2) is 14.8 Å². The summed E-state index contributed by atoms with van der Waals surface area (Å²) >= 11 is 1.33. The van der Waals surface area contributed by atoms with Crippen LogP contribution in [0.3, 0.4) is 0 Å². The second kappa shape index (κ2) is 5.71. The molecule has 1 heterocycles. The maximum atomic E-state index is 10.9. The van der Waals surface area contributed by atoms with Crippen LogP contribution in [-0.2, 0) is 0 Å². The van der Waals surface area contributed by atoms with Crippen molar-refractivity contribution in [3.63, 3.8) is 0 Å². The first-order valence-electron chi connectivity index (χ1n) is 5.49. The lowest BCUT2D eigenvalue weighted by molar-refractivity contribution is 0.0695. The predicted octanol–water partition coefficient (Wildman–Crippen LogP) is 2.64. The highest BCUT2D eigenvalue weighted by Gasteiger charge is 2.12. The molecule has 1 aromatic heterocycles. The standard InChI is InChI=1S/C13H12N2O3S/c1-8-9(12(16)17)7-14-13(15-8)19-11-6-4-3-5-10(11)18-2/h3-7H,1-2H3,(H,16,17). The number of carboxylic acids is 1. The van der Waals surface area contributed by atoms with Crippen LogP contribution in [0.25, 0.3) is 0 Å². The summed E-state index contributed by atoms with van der Waals surface area (Å²) in [5.74, 6) is -0.289. The minimum atomic E-state index is -1.02. The van der Waals surface area contributed by atoms with E-state index in [1.807, 2.05) is 24.3 Å². The molecule has 0 saturated carbocycles. The predicted molar refractivity (Wildman–Crippen MR) is 70.8 cm³/mol. The molecule has 0 aliphatic carbocycles. The van der Waals surface area contributed by atoms with Gasteiger partial charge >= 0.3 is 5.97 Å². The largest absolute Gasteiger partial charge is 0.496 e. The third-order valence-electron chi connectivity index (χ3n) is 2.46. The molecule has 0 atom stereocenters. The molecule has 98 valence electrons. The molecule has 1 N–H and O–H groups in total. The number of hydrogen-bond donors (Lipinski definition) is 1. The highest BCUT2D eigenvalue weighted by atomic mass is 32.2. The number of aromatic carboxylic acids is 1. The molecule has 2 aromatic rings. The Morgan fingerprint density at radius 2 is 2.11 bits per heavy atom. The van der Waals surface area contributed by atoms with E-state index in [2.05, 4.69) is 9.97 Å². The van der Waals surface area contributed by atoms with Crippen molar-refractivity contribution < 1.29 is 14.6 Å². The van der Waals surface area contributed by atoms with Crippen LogP contribution < -0.4 is 4.74 Å². The number of aryl methyl sites for hydroxylation is 1. The molecule has 6 heteroatoms. The lowest BCUT2D eigenvalue weighted by Gasteiger charge is -2.07. The van der Waals surface area contributed by atoms with Gasteiger partial charge in [0.15, 0.2) is 5.16 Å². The Kier molecular flexibility index (Phi) is 4.01. The van der Waals surface area contributed by atoms with Crippen molar-refractivity contribution in [3.8, 4) is 5.75 Å². The van der Waals surface area contributed by atoms with Gasteiger partial charge in [0.2, 0.25) is 0 Å². The fourth-order valence-corrected chi connectivity index (χ4v) is 2.39. The van der Waals surface area contributed by atoms with Crippen molar-refractivity contribution in [2.24, 2.45) is 0 Å². The van der Waals surface area contributed by atoms with Crippen LogP contribution in [0.5, 0.6) is 5.75 Å². The molecule has 0 saturated heterocycles. The topological polar surface area (TPSA) is 72.3 Å². The van der Waals surface area contributed by atoms with Gasteiger partial charge in [-0.3, -0.25) is 0 Å². The number of ether oxygens (including phenoxy) is 1. The number of methoxy groups -OCH3 is 1. The van der Waals surface area contributed by atoms with Gasteiger partial charge in [-0.15, -0.1) is 0 Å². The van der Waals surface area contributed by atoms with Gasteiger partial charge in [-0.05, 0) is 30.8 Å². The van der Waals surface area contributed by atoms with Crippen molar-refractivity contribution in [1.82, 2.24) is 9.97 Å². The van der Waals surface area contributed by atoms with Crippen LogP contribution in [-0.4, -0.2) is 28.2 Å². The van der Waals surface area contributed by atoms with Gasteiger partial charge in [0, 0.05) is 6.20 Å². The summed E-state index contributed by atoms with van der Waals surface area (Å²) in [6.45, 7) is 1.65. The molecule has 0 radical (unpaired) electrons. The molecule has 0 spiro atoms. The Bertz CT molecular complexity index is 617. The van der Waals surface area contributed by atoms with E-state index in [0.29, 0.717) is 10.9 Å². The molecule has 0 unspecified atom stereocenters. The second-order valence-corrected chi connectivity index (χ2v) is 4.72. The van der Waals surface area contributed by atoms with E-state index >= 15 is 0 Å². The third-order valence-corrected chi connectivity index (χ3v) is 3.39. The number of hydrogen-bond acceptors (Lipinski definition) is 5. The van der Waals surface area contributed by atoms with Crippen molar-refractivity contribution in [3.05, 3.63) is 41.7 Å². The SMILES string of the molecule is COc1ccccc1Sc1ncc(C(=O)O)c(C)n1. The van der Waals surface area contributed by atoms with Gasteiger partial charge < -0.3 is 9.84 Å². The average molecular weight is 276 g/mol. The number of rotatable bonds is 4. The number of nitrogens with zero attached hydrogens (tertiary/aromatic N) is 2. The Morgan fingerprint density at radius 1 is 1.37 bits per heavy atom. The number of para-hydroxylation sites is 1. The first-order chi connectivity index (χ1) is 9.11. The van der Waals surface area contributed by atoms with E-state index in [4.69, 9.17) is 9.84 Å². The minimum Gasteiger partial charge on any atom is -0.496 e. The Hall–Kier alpha value is -2.08. The Balaban J connectivity index is 2.29. The summed E-state index contributed by atoms with van der Waals surface area (Å²) in [5, 5.41) is 9.41. The van der Waals surface area contributed by atoms with Gasteiger partial charge in [-0.1, -0.05) is 12.1 Å². The maximum Gasteiger partial charge on any atom is 0.339 e. The first kappa shape index (κ1) is 13.4. The molecule has 0 aliphatic rings. The molecule has 1 aromatic carbocycles. The average Bonchev–Trinajstić information content (AvgIpc) is 2.39. The van der Waals surface area contributed by atoms with E-state index in [1.165, 1.54) is 18.0 Å². The Labute approximate surface area is 114 Å². The van der Waals surface area contributed by atoms with Crippen molar-refractivity contribution in [2.75, 3.05) is 7.11 Å². The molecular weight excluding hydrogens is 264 g/mol. The first-order valence-corrected chi connectivity index (χ1v) is 6.31. The summed E-state index contributed by atoms with van der Waals surface area (Å²) in [5.41, 5.74) is 0.560. The van der Waals surface area contributed by atoms with E-state index in [0.717, 1.165) is 10.6 Å². The summed E-state index contributed by atoms with van der Waals surface area (Å²) < 4.78 is 5.24. The third kappa shape index (κ3) is 3.03. The summed E-state index contributed by atoms with van der Waals surface area (Å²) in [4.78, 5) is 20.0. The summed E-state index contributed by atoms with van der Waals surface area (Å²) in [6.07, 6.45) is 1.32. The fraction of sp³-hybridized carbons (Fsp3) is 0.154. The van der Waals surface area contributed by atoms with Gasteiger partial charge in [0.1, 0.15) is 5.75 Å². The zero-order valence-corrected chi connectivity index (χ0v) is 11.3. The van der Waals surface area contributed by atoms with Crippen LogP contribution >= 0.6 is 11.8 Å². The number of carbonyl (C=O) groups is 1. The highest BCUT2D eigenvalue weighted by Crippen LogP contribution is 2.32. The van der Waals surface area contributed by atoms with Crippen LogP contribution in [0.4, 0.5) is 0 Å².